The van der Waals surface area contributed by atoms with Gasteiger partial charge >= 0.3 is 0 Å². The third kappa shape index (κ3) is 2.39. The summed E-state index contributed by atoms with van der Waals surface area (Å²) in [6, 6.07) is 3.37. The van der Waals surface area contributed by atoms with Crippen molar-refractivity contribution < 1.29 is 12.2 Å². The van der Waals surface area contributed by atoms with Crippen LogP contribution in [0.25, 0.3) is 0 Å². The zero-order valence-corrected chi connectivity index (χ0v) is 9.67. The average molecular weight is 262 g/mol. The molecule has 0 amide bonds. The third-order valence-electron chi connectivity index (χ3n) is 1.78. The van der Waals surface area contributed by atoms with Crippen molar-refractivity contribution in [1.29, 1.82) is 0 Å². The molecule has 0 aromatic heterocycles. The quantitative estimate of drug-likeness (QED) is 0.902. The van der Waals surface area contributed by atoms with Crippen molar-refractivity contribution in [2.24, 2.45) is 5.73 Å². The van der Waals surface area contributed by atoms with E-state index in [4.69, 9.17) is 17.9 Å². The number of rotatable bonds is 4. The van der Waals surface area contributed by atoms with Crippen LogP contribution in [0.15, 0.2) is 16.6 Å². The van der Waals surface area contributed by atoms with E-state index in [2.05, 4.69) is 15.9 Å². The second-order valence-electron chi connectivity index (χ2n) is 2.59. The van der Waals surface area contributed by atoms with Crippen molar-refractivity contribution in [2.75, 3.05) is 20.7 Å². The van der Waals surface area contributed by atoms with Crippen molar-refractivity contribution in [3.05, 3.63) is 22.2 Å². The SMILES string of the molecule is [2H]C(N)C([2H])c1cc(OC)c(Br)cc1OC. The molecule has 0 aliphatic rings. The highest BCUT2D eigenvalue weighted by Gasteiger charge is 2.08. The molecular weight excluding hydrogens is 246 g/mol. The van der Waals surface area contributed by atoms with Crippen LogP contribution in [0, 0.1) is 0 Å². The van der Waals surface area contributed by atoms with Gasteiger partial charge in [-0.1, -0.05) is 0 Å². The highest BCUT2D eigenvalue weighted by molar-refractivity contribution is 9.10. The second-order valence-corrected chi connectivity index (χ2v) is 3.44. The Balaban J connectivity index is 3.24. The van der Waals surface area contributed by atoms with E-state index in [1.54, 1.807) is 12.1 Å². The summed E-state index contributed by atoms with van der Waals surface area (Å²) in [5, 5.41) is 0. The summed E-state index contributed by atoms with van der Waals surface area (Å²) in [4.78, 5) is 0. The molecule has 1 rings (SSSR count). The largest absolute Gasteiger partial charge is 0.496 e. The Morgan fingerprint density at radius 3 is 2.50 bits per heavy atom. The lowest BCUT2D eigenvalue weighted by Gasteiger charge is -2.11. The number of hydrogen-bond donors (Lipinski definition) is 1. The van der Waals surface area contributed by atoms with Gasteiger partial charge in [-0.15, -0.1) is 0 Å². The van der Waals surface area contributed by atoms with E-state index < -0.39 is 12.9 Å². The van der Waals surface area contributed by atoms with Gasteiger partial charge < -0.3 is 15.2 Å². The Hall–Kier alpha value is -0.740. The Labute approximate surface area is 95.1 Å². The van der Waals surface area contributed by atoms with Crippen LogP contribution < -0.4 is 15.2 Å². The lowest BCUT2D eigenvalue weighted by molar-refractivity contribution is 0.397. The molecule has 0 heterocycles. The Bertz CT molecular complexity index is 374. The third-order valence-corrected chi connectivity index (χ3v) is 2.40. The van der Waals surface area contributed by atoms with Gasteiger partial charge in [-0.25, -0.2) is 0 Å². The number of aryl methyl sites for hydroxylation is 1. The van der Waals surface area contributed by atoms with Crippen molar-refractivity contribution in [2.45, 2.75) is 6.40 Å². The van der Waals surface area contributed by atoms with E-state index in [1.807, 2.05) is 0 Å². The van der Waals surface area contributed by atoms with Crippen molar-refractivity contribution in [1.82, 2.24) is 0 Å². The maximum atomic E-state index is 7.79. The first-order valence-corrected chi connectivity index (χ1v) is 4.82. The molecule has 0 aliphatic carbocycles. The second kappa shape index (κ2) is 5.22. The van der Waals surface area contributed by atoms with E-state index in [-0.39, 0.29) is 0 Å². The first-order valence-electron chi connectivity index (χ1n) is 5.18. The molecule has 2 N–H and O–H groups in total. The minimum atomic E-state index is -1.01. The molecule has 4 heteroatoms. The molecule has 0 bridgehead atoms. The van der Waals surface area contributed by atoms with Crippen LogP contribution in [0.3, 0.4) is 0 Å². The van der Waals surface area contributed by atoms with Gasteiger partial charge in [-0.05, 0) is 46.5 Å². The fraction of sp³-hybridized carbons (Fsp3) is 0.400. The molecule has 3 nitrogen and oxygen atoms in total. The van der Waals surface area contributed by atoms with E-state index in [0.29, 0.717) is 17.1 Å². The molecule has 0 spiro atoms. The highest BCUT2D eigenvalue weighted by atomic mass is 79.9. The van der Waals surface area contributed by atoms with Crippen molar-refractivity contribution >= 4 is 15.9 Å². The summed E-state index contributed by atoms with van der Waals surface area (Å²) in [5.74, 6) is 1.11. The van der Waals surface area contributed by atoms with Gasteiger partial charge in [0.25, 0.3) is 0 Å². The number of methoxy groups -OCH3 is 2. The zero-order valence-electron chi connectivity index (χ0n) is 10.1. The number of ether oxygens (including phenoxy) is 2. The highest BCUT2D eigenvalue weighted by Crippen LogP contribution is 2.32. The van der Waals surface area contributed by atoms with Crippen LogP contribution in [0.5, 0.6) is 11.5 Å². The maximum absolute atomic E-state index is 7.79. The van der Waals surface area contributed by atoms with Crippen LogP contribution in [-0.4, -0.2) is 20.7 Å². The Morgan fingerprint density at radius 2 is 2.00 bits per heavy atom. The fourth-order valence-electron chi connectivity index (χ4n) is 1.12. The minimum Gasteiger partial charge on any atom is -0.496 e. The van der Waals surface area contributed by atoms with Gasteiger partial charge in [0.05, 0.1) is 18.7 Å². The lowest BCUT2D eigenvalue weighted by Crippen LogP contribution is -2.04. The van der Waals surface area contributed by atoms with E-state index in [9.17, 15) is 0 Å². The standard InChI is InChI=1S/C10H14BrNO2/c1-13-9-6-8(11)10(14-2)5-7(9)3-4-12/h5-6H,3-4,12H2,1-2H3/i3D,4D. The Morgan fingerprint density at radius 1 is 1.36 bits per heavy atom. The zero-order chi connectivity index (χ0) is 12.3. The molecule has 14 heavy (non-hydrogen) atoms. The molecule has 1 aromatic carbocycles. The molecule has 0 saturated heterocycles. The van der Waals surface area contributed by atoms with Crippen LogP contribution >= 0.6 is 15.9 Å². The molecule has 2 unspecified atom stereocenters. The fourth-order valence-corrected chi connectivity index (χ4v) is 1.60. The molecule has 0 fully saturated rings. The maximum Gasteiger partial charge on any atom is 0.133 e. The molecule has 0 radical (unpaired) electrons. The van der Waals surface area contributed by atoms with Gasteiger partial charge in [0.2, 0.25) is 0 Å². The van der Waals surface area contributed by atoms with Crippen molar-refractivity contribution in [3.8, 4) is 11.5 Å². The monoisotopic (exact) mass is 261 g/mol. The predicted octanol–water partition coefficient (Wildman–Crippen LogP) is 1.97. The first-order chi connectivity index (χ1) is 7.51. The predicted molar refractivity (Wildman–Crippen MR) is 60.0 cm³/mol. The van der Waals surface area contributed by atoms with Gasteiger partial charge in [-0.3, -0.25) is 0 Å². The molecule has 1 aromatic rings. The number of hydrogen-bond acceptors (Lipinski definition) is 3. The molecule has 0 saturated carbocycles. The van der Waals surface area contributed by atoms with E-state index >= 15 is 0 Å². The normalized spacial score (nSPS) is 16.6. The average Bonchev–Trinajstić information content (AvgIpc) is 2.27. The smallest absolute Gasteiger partial charge is 0.133 e. The molecular formula is C10H14BrNO2. The summed E-state index contributed by atoms with van der Waals surface area (Å²) in [6.45, 7) is -1.01. The summed E-state index contributed by atoms with van der Waals surface area (Å²) in [5.41, 5.74) is 5.94. The van der Waals surface area contributed by atoms with Crippen LogP contribution in [-0.2, 0) is 6.40 Å². The van der Waals surface area contributed by atoms with Crippen LogP contribution in [0.2, 0.25) is 0 Å². The summed E-state index contributed by atoms with van der Waals surface area (Å²) in [6.07, 6.45) is -0.864. The topological polar surface area (TPSA) is 44.5 Å². The summed E-state index contributed by atoms with van der Waals surface area (Å²) in [7, 11) is 3.05. The number of benzene rings is 1. The summed E-state index contributed by atoms with van der Waals surface area (Å²) >= 11 is 3.32. The Kier molecular flexibility index (Phi) is 3.19. The lowest BCUT2D eigenvalue weighted by atomic mass is 10.1. The van der Waals surface area contributed by atoms with Crippen LogP contribution in [0.4, 0.5) is 0 Å². The van der Waals surface area contributed by atoms with Gasteiger partial charge in [-0.2, -0.15) is 0 Å². The molecule has 2 atom stereocenters. The number of halogens is 1. The van der Waals surface area contributed by atoms with Crippen LogP contribution in [0.1, 0.15) is 8.30 Å². The number of nitrogens with two attached hydrogens (primary N) is 1. The van der Waals surface area contributed by atoms with E-state index in [1.165, 1.54) is 14.2 Å². The van der Waals surface area contributed by atoms with Gasteiger partial charge in [0.15, 0.2) is 0 Å². The van der Waals surface area contributed by atoms with Gasteiger partial charge in [0.1, 0.15) is 11.5 Å². The van der Waals surface area contributed by atoms with Gasteiger partial charge in [0, 0.05) is 2.74 Å². The van der Waals surface area contributed by atoms with Crippen molar-refractivity contribution in [3.63, 3.8) is 0 Å². The van der Waals surface area contributed by atoms with E-state index in [0.717, 1.165) is 4.47 Å². The molecule has 0 aliphatic heterocycles. The molecule has 78 valence electrons. The minimum absolute atomic E-state index is 0.523. The first kappa shape index (κ1) is 8.56. The summed E-state index contributed by atoms with van der Waals surface area (Å²) < 4.78 is 26.2.